The van der Waals surface area contributed by atoms with Crippen LogP contribution in [0.4, 0.5) is 11.4 Å². The van der Waals surface area contributed by atoms with E-state index in [1.165, 1.54) is 0 Å². The second kappa shape index (κ2) is 9.46. The number of nitrogens with one attached hydrogen (secondary N) is 2. The lowest BCUT2D eigenvalue weighted by atomic mass is 10.1. The molecule has 0 radical (unpaired) electrons. The number of hydrogen-bond acceptors (Lipinski definition) is 6. The molecule has 3 aromatic rings. The van der Waals surface area contributed by atoms with Gasteiger partial charge >= 0.3 is 0 Å². The maximum absolute atomic E-state index is 12.8. The van der Waals surface area contributed by atoms with Crippen molar-refractivity contribution in [3.8, 4) is 0 Å². The van der Waals surface area contributed by atoms with Crippen molar-refractivity contribution in [3.63, 3.8) is 0 Å². The Morgan fingerprint density at radius 3 is 2.41 bits per heavy atom. The standard InChI is InChI=1S/C23H28N6O3/c1-15(2)29-22-17(13-24-29)12-20(16(3)25-22)23(31)27-19-6-4-18(5-7-19)26-21(30)14-28-8-10-32-11-9-28/h4-7,12-13,15H,8-11,14H2,1-3H3,(H,26,30)(H,27,31). The van der Waals surface area contributed by atoms with Crippen LogP contribution >= 0.6 is 0 Å². The molecule has 0 saturated carbocycles. The highest BCUT2D eigenvalue weighted by atomic mass is 16.5. The van der Waals surface area contributed by atoms with E-state index in [1.807, 2.05) is 31.5 Å². The number of aromatic nitrogens is 3. The van der Waals surface area contributed by atoms with Crippen LogP contribution in [0.2, 0.25) is 0 Å². The number of fused-ring (bicyclic) bond motifs is 1. The van der Waals surface area contributed by atoms with Crippen LogP contribution in [0.15, 0.2) is 36.5 Å². The number of amides is 2. The number of anilines is 2. The molecule has 0 bridgehead atoms. The Hall–Kier alpha value is -3.30. The first-order valence-corrected chi connectivity index (χ1v) is 10.8. The van der Waals surface area contributed by atoms with Gasteiger partial charge in [0.05, 0.1) is 37.2 Å². The number of ether oxygens (including phenoxy) is 1. The van der Waals surface area contributed by atoms with E-state index in [9.17, 15) is 9.59 Å². The van der Waals surface area contributed by atoms with E-state index in [0.29, 0.717) is 42.4 Å². The van der Waals surface area contributed by atoms with Crippen molar-refractivity contribution in [2.75, 3.05) is 43.5 Å². The number of hydrogen-bond donors (Lipinski definition) is 2. The van der Waals surface area contributed by atoms with Gasteiger partial charge in [0.1, 0.15) is 0 Å². The molecule has 2 N–H and O–H groups in total. The van der Waals surface area contributed by atoms with Crippen LogP contribution in [0.1, 0.15) is 35.9 Å². The molecule has 1 fully saturated rings. The number of rotatable bonds is 6. The maximum Gasteiger partial charge on any atom is 0.257 e. The third kappa shape index (κ3) is 4.95. The summed E-state index contributed by atoms with van der Waals surface area (Å²) >= 11 is 0. The minimum Gasteiger partial charge on any atom is -0.379 e. The number of carbonyl (C=O) groups excluding carboxylic acids is 2. The predicted octanol–water partition coefficient (Wildman–Crippen LogP) is 2.84. The number of nitrogens with zero attached hydrogens (tertiary/aromatic N) is 4. The van der Waals surface area contributed by atoms with Crippen LogP contribution in [0.25, 0.3) is 11.0 Å². The summed E-state index contributed by atoms with van der Waals surface area (Å²) in [5.41, 5.74) is 3.24. The van der Waals surface area contributed by atoms with Crippen LogP contribution in [0.3, 0.4) is 0 Å². The molecule has 3 heterocycles. The predicted molar refractivity (Wildman–Crippen MR) is 123 cm³/mol. The van der Waals surface area contributed by atoms with Gasteiger partial charge in [0, 0.05) is 35.9 Å². The first-order chi connectivity index (χ1) is 15.4. The molecular weight excluding hydrogens is 408 g/mol. The highest BCUT2D eigenvalue weighted by Crippen LogP contribution is 2.21. The molecular formula is C23H28N6O3. The highest BCUT2D eigenvalue weighted by Gasteiger charge is 2.16. The van der Waals surface area contributed by atoms with Crippen molar-refractivity contribution in [1.29, 1.82) is 0 Å². The summed E-state index contributed by atoms with van der Waals surface area (Å²) in [5.74, 6) is -0.307. The quantitative estimate of drug-likeness (QED) is 0.616. The molecule has 4 rings (SSSR count). The highest BCUT2D eigenvalue weighted by molar-refractivity contribution is 6.06. The molecule has 1 aliphatic heterocycles. The van der Waals surface area contributed by atoms with Crippen LogP contribution in [-0.4, -0.2) is 64.3 Å². The summed E-state index contributed by atoms with van der Waals surface area (Å²) in [7, 11) is 0. The Morgan fingerprint density at radius 2 is 1.75 bits per heavy atom. The van der Waals surface area contributed by atoms with Gasteiger partial charge in [-0.05, 0) is 51.1 Å². The van der Waals surface area contributed by atoms with Gasteiger partial charge in [0.2, 0.25) is 5.91 Å². The Balaban J connectivity index is 1.39. The smallest absolute Gasteiger partial charge is 0.257 e. The molecule has 32 heavy (non-hydrogen) atoms. The van der Waals surface area contributed by atoms with E-state index in [1.54, 1.807) is 30.5 Å². The zero-order chi connectivity index (χ0) is 22.7. The Bertz CT molecular complexity index is 1120. The molecule has 1 aliphatic rings. The van der Waals surface area contributed by atoms with Gasteiger partial charge in [0.15, 0.2) is 5.65 Å². The van der Waals surface area contributed by atoms with E-state index >= 15 is 0 Å². The van der Waals surface area contributed by atoms with Crippen molar-refractivity contribution in [1.82, 2.24) is 19.7 Å². The molecule has 9 nitrogen and oxygen atoms in total. The first-order valence-electron chi connectivity index (χ1n) is 10.8. The van der Waals surface area contributed by atoms with Crippen molar-refractivity contribution in [2.24, 2.45) is 0 Å². The second-order valence-corrected chi connectivity index (χ2v) is 8.19. The van der Waals surface area contributed by atoms with Gasteiger partial charge in [-0.1, -0.05) is 0 Å². The van der Waals surface area contributed by atoms with Gasteiger partial charge in [0.25, 0.3) is 5.91 Å². The third-order valence-electron chi connectivity index (χ3n) is 5.39. The van der Waals surface area contributed by atoms with E-state index in [0.717, 1.165) is 24.1 Å². The largest absolute Gasteiger partial charge is 0.379 e. The topological polar surface area (TPSA) is 101 Å². The zero-order valence-electron chi connectivity index (χ0n) is 18.6. The van der Waals surface area contributed by atoms with Crippen molar-refractivity contribution in [2.45, 2.75) is 26.8 Å². The molecule has 0 aliphatic carbocycles. The summed E-state index contributed by atoms with van der Waals surface area (Å²) in [6, 6.07) is 9.08. The molecule has 2 aromatic heterocycles. The fourth-order valence-corrected chi connectivity index (χ4v) is 3.67. The minimum absolute atomic E-state index is 0.0689. The van der Waals surface area contributed by atoms with Gasteiger partial charge in [-0.3, -0.25) is 14.5 Å². The van der Waals surface area contributed by atoms with Gasteiger partial charge in [-0.2, -0.15) is 5.10 Å². The van der Waals surface area contributed by atoms with E-state index in [-0.39, 0.29) is 17.9 Å². The van der Waals surface area contributed by atoms with Gasteiger partial charge in [-0.25, -0.2) is 9.67 Å². The number of benzene rings is 1. The Morgan fingerprint density at radius 1 is 1.09 bits per heavy atom. The normalized spacial score (nSPS) is 14.6. The second-order valence-electron chi connectivity index (χ2n) is 8.19. The fraction of sp³-hybridized carbons (Fsp3) is 0.391. The maximum atomic E-state index is 12.8. The van der Waals surface area contributed by atoms with Crippen LogP contribution in [0.5, 0.6) is 0 Å². The fourth-order valence-electron chi connectivity index (χ4n) is 3.67. The average Bonchev–Trinajstić information content (AvgIpc) is 3.18. The monoisotopic (exact) mass is 436 g/mol. The zero-order valence-corrected chi connectivity index (χ0v) is 18.6. The summed E-state index contributed by atoms with van der Waals surface area (Å²) in [4.78, 5) is 31.7. The number of morpholine rings is 1. The molecule has 2 amide bonds. The lowest BCUT2D eigenvalue weighted by molar-refractivity contribution is -0.118. The SMILES string of the molecule is Cc1nc2c(cnn2C(C)C)cc1C(=O)Nc1ccc(NC(=O)CN2CCOCC2)cc1. The van der Waals surface area contributed by atoms with Crippen LogP contribution in [-0.2, 0) is 9.53 Å². The van der Waals surface area contributed by atoms with Crippen LogP contribution < -0.4 is 10.6 Å². The number of pyridine rings is 1. The van der Waals surface area contributed by atoms with E-state index in [2.05, 4.69) is 25.6 Å². The van der Waals surface area contributed by atoms with E-state index in [4.69, 9.17) is 4.74 Å². The third-order valence-corrected chi connectivity index (χ3v) is 5.39. The lowest BCUT2D eigenvalue weighted by Gasteiger charge is -2.25. The molecule has 168 valence electrons. The molecule has 0 atom stereocenters. The van der Waals surface area contributed by atoms with Crippen molar-refractivity contribution < 1.29 is 14.3 Å². The molecule has 1 aromatic carbocycles. The minimum atomic E-state index is -0.238. The van der Waals surface area contributed by atoms with Crippen molar-refractivity contribution in [3.05, 3.63) is 47.8 Å². The molecule has 0 unspecified atom stereocenters. The van der Waals surface area contributed by atoms with Gasteiger partial charge in [-0.15, -0.1) is 0 Å². The summed E-state index contributed by atoms with van der Waals surface area (Å²) < 4.78 is 7.14. The first kappa shape index (κ1) is 21.9. The molecule has 0 spiro atoms. The Labute approximate surface area is 186 Å². The number of aryl methyl sites for hydroxylation is 1. The summed E-state index contributed by atoms with van der Waals surface area (Å²) in [6.45, 7) is 9.07. The van der Waals surface area contributed by atoms with Gasteiger partial charge < -0.3 is 15.4 Å². The summed E-state index contributed by atoms with van der Waals surface area (Å²) in [5, 5.41) is 11.0. The number of carbonyl (C=O) groups is 2. The van der Waals surface area contributed by atoms with Crippen molar-refractivity contribution >= 4 is 34.2 Å². The Kier molecular flexibility index (Phi) is 6.48. The molecule has 9 heteroatoms. The lowest BCUT2D eigenvalue weighted by Crippen LogP contribution is -2.41. The average molecular weight is 437 g/mol. The van der Waals surface area contributed by atoms with Crippen LogP contribution in [0, 0.1) is 6.92 Å². The van der Waals surface area contributed by atoms with E-state index < -0.39 is 0 Å². The molecule has 1 saturated heterocycles. The summed E-state index contributed by atoms with van der Waals surface area (Å²) in [6.07, 6.45) is 1.73.